The van der Waals surface area contributed by atoms with Crippen LogP contribution in [0.25, 0.3) is 0 Å². The fourth-order valence-electron chi connectivity index (χ4n) is 2.76. The van der Waals surface area contributed by atoms with Crippen LogP contribution in [0.5, 0.6) is 5.75 Å². The van der Waals surface area contributed by atoms with Crippen molar-refractivity contribution in [1.82, 2.24) is 10.2 Å². The van der Waals surface area contributed by atoms with E-state index in [1.165, 1.54) is 5.56 Å². The topological polar surface area (TPSA) is 46.1 Å². The van der Waals surface area contributed by atoms with Crippen LogP contribution in [0.1, 0.15) is 11.6 Å². The molecule has 5 nitrogen and oxygen atoms in total. The van der Waals surface area contributed by atoms with Gasteiger partial charge in [-0.25, -0.2) is 0 Å². The minimum absolute atomic E-state index is 0.201. The number of hydrogen-bond donors (Lipinski definition) is 1. The molecule has 2 aliphatic rings. The first-order chi connectivity index (χ1) is 9.88. The van der Waals surface area contributed by atoms with Crippen LogP contribution in [0, 0.1) is 0 Å². The predicted octanol–water partition coefficient (Wildman–Crippen LogP) is 1.07. The minimum atomic E-state index is 0.201. The summed E-state index contributed by atoms with van der Waals surface area (Å²) in [4.78, 5) is 7.06. The highest BCUT2D eigenvalue weighted by molar-refractivity contribution is 5.89. The Morgan fingerprint density at radius 3 is 2.60 bits per heavy atom. The molecule has 1 N–H and O–H groups in total. The summed E-state index contributed by atoms with van der Waals surface area (Å²) in [5.74, 6) is 1.97. The first kappa shape index (κ1) is 13.4. The Hall–Kier alpha value is -1.59. The second-order valence-electron chi connectivity index (χ2n) is 5.02. The lowest BCUT2D eigenvalue weighted by molar-refractivity contribution is 0.0282. The summed E-state index contributed by atoms with van der Waals surface area (Å²) in [6.45, 7) is 5.27. The zero-order valence-electron chi connectivity index (χ0n) is 11.8. The Labute approximate surface area is 119 Å². The first-order valence-electron chi connectivity index (χ1n) is 7.12. The van der Waals surface area contributed by atoms with Gasteiger partial charge in [0.2, 0.25) is 0 Å². The number of nitrogens with one attached hydrogen (secondary N) is 1. The number of amidine groups is 1. The minimum Gasteiger partial charge on any atom is -0.497 e. The van der Waals surface area contributed by atoms with Gasteiger partial charge in [0.25, 0.3) is 0 Å². The smallest absolute Gasteiger partial charge is 0.119 e. The summed E-state index contributed by atoms with van der Waals surface area (Å²) in [5, 5.41) is 3.42. The van der Waals surface area contributed by atoms with Gasteiger partial charge in [0.15, 0.2) is 0 Å². The Morgan fingerprint density at radius 2 is 2.00 bits per heavy atom. The van der Waals surface area contributed by atoms with E-state index in [9.17, 15) is 0 Å². The van der Waals surface area contributed by atoms with E-state index in [0.717, 1.165) is 51.0 Å². The second-order valence-corrected chi connectivity index (χ2v) is 5.02. The Balaban J connectivity index is 1.86. The molecule has 5 heteroatoms. The predicted molar refractivity (Wildman–Crippen MR) is 78.4 cm³/mol. The highest BCUT2D eigenvalue weighted by atomic mass is 16.5. The van der Waals surface area contributed by atoms with Gasteiger partial charge in [-0.2, -0.15) is 0 Å². The molecule has 2 aliphatic heterocycles. The van der Waals surface area contributed by atoms with Crippen molar-refractivity contribution >= 4 is 5.84 Å². The molecule has 1 atom stereocenters. The van der Waals surface area contributed by atoms with Crippen molar-refractivity contribution in [2.45, 2.75) is 6.04 Å². The molecule has 0 radical (unpaired) electrons. The number of ether oxygens (including phenoxy) is 2. The molecule has 0 bridgehead atoms. The van der Waals surface area contributed by atoms with E-state index in [0.29, 0.717) is 0 Å². The Bertz CT molecular complexity index is 467. The normalized spacial score (nSPS) is 21.1. The van der Waals surface area contributed by atoms with Gasteiger partial charge >= 0.3 is 0 Å². The zero-order chi connectivity index (χ0) is 13.8. The second kappa shape index (κ2) is 6.24. The Kier molecular flexibility index (Phi) is 4.18. The number of hydrogen-bond acceptors (Lipinski definition) is 5. The molecular weight excluding hydrogens is 254 g/mol. The van der Waals surface area contributed by atoms with Crippen molar-refractivity contribution in [2.24, 2.45) is 4.99 Å². The zero-order valence-corrected chi connectivity index (χ0v) is 11.8. The third-order valence-electron chi connectivity index (χ3n) is 3.80. The van der Waals surface area contributed by atoms with Crippen molar-refractivity contribution in [2.75, 3.05) is 46.5 Å². The van der Waals surface area contributed by atoms with Gasteiger partial charge in [0, 0.05) is 19.6 Å². The van der Waals surface area contributed by atoms with Crippen LogP contribution in [0.3, 0.4) is 0 Å². The summed E-state index contributed by atoms with van der Waals surface area (Å²) in [6, 6.07) is 8.48. The maximum atomic E-state index is 5.46. The molecule has 1 aromatic carbocycles. The van der Waals surface area contributed by atoms with E-state index < -0.39 is 0 Å². The standard InChI is InChI=1S/C15H21N3O2/c1-19-13-4-2-12(3-5-13)14(15-16-6-7-17-15)18-8-10-20-11-9-18/h2-5,14H,6-11H2,1H3,(H,16,17). The van der Waals surface area contributed by atoms with Crippen molar-refractivity contribution in [3.8, 4) is 5.75 Å². The summed E-state index contributed by atoms with van der Waals surface area (Å²) in [5.41, 5.74) is 1.25. The number of morpholine rings is 1. The summed E-state index contributed by atoms with van der Waals surface area (Å²) < 4.78 is 10.7. The molecule has 2 heterocycles. The van der Waals surface area contributed by atoms with Gasteiger partial charge in [-0.15, -0.1) is 0 Å². The summed E-state index contributed by atoms with van der Waals surface area (Å²) in [7, 11) is 1.69. The van der Waals surface area contributed by atoms with E-state index in [2.05, 4.69) is 27.3 Å². The third kappa shape index (κ3) is 2.78. The molecule has 0 amide bonds. The van der Waals surface area contributed by atoms with Crippen molar-refractivity contribution < 1.29 is 9.47 Å². The van der Waals surface area contributed by atoms with Gasteiger partial charge in [-0.1, -0.05) is 12.1 Å². The lowest BCUT2D eigenvalue weighted by atomic mass is 10.0. The molecule has 0 aromatic heterocycles. The molecule has 20 heavy (non-hydrogen) atoms. The molecule has 1 aromatic rings. The quantitative estimate of drug-likeness (QED) is 0.893. The fourth-order valence-corrected chi connectivity index (χ4v) is 2.76. The number of aliphatic imine (C=N–C) groups is 1. The van der Waals surface area contributed by atoms with Crippen LogP contribution in [0.2, 0.25) is 0 Å². The molecule has 1 fully saturated rings. The van der Waals surface area contributed by atoms with E-state index in [1.54, 1.807) is 7.11 Å². The van der Waals surface area contributed by atoms with Gasteiger partial charge in [0.1, 0.15) is 11.6 Å². The largest absolute Gasteiger partial charge is 0.497 e. The van der Waals surface area contributed by atoms with Crippen LogP contribution in [-0.4, -0.2) is 57.2 Å². The third-order valence-corrected chi connectivity index (χ3v) is 3.80. The molecule has 108 valence electrons. The van der Waals surface area contributed by atoms with Gasteiger partial charge in [-0.05, 0) is 17.7 Å². The van der Waals surface area contributed by atoms with Crippen LogP contribution < -0.4 is 10.1 Å². The highest BCUT2D eigenvalue weighted by Crippen LogP contribution is 2.25. The molecule has 1 unspecified atom stereocenters. The molecule has 1 saturated heterocycles. The van der Waals surface area contributed by atoms with Gasteiger partial charge in [-0.3, -0.25) is 9.89 Å². The van der Waals surface area contributed by atoms with Crippen LogP contribution in [0.4, 0.5) is 0 Å². The Morgan fingerprint density at radius 1 is 1.25 bits per heavy atom. The summed E-state index contributed by atoms with van der Waals surface area (Å²) in [6.07, 6.45) is 0. The molecule has 0 spiro atoms. The molecule has 0 saturated carbocycles. The van der Waals surface area contributed by atoms with Gasteiger partial charge < -0.3 is 14.8 Å². The molecule has 0 aliphatic carbocycles. The average molecular weight is 275 g/mol. The summed E-state index contributed by atoms with van der Waals surface area (Å²) >= 11 is 0. The van der Waals surface area contributed by atoms with Crippen molar-refractivity contribution in [3.63, 3.8) is 0 Å². The van der Waals surface area contributed by atoms with E-state index >= 15 is 0 Å². The number of nitrogens with zero attached hydrogens (tertiary/aromatic N) is 2. The van der Waals surface area contributed by atoms with Crippen LogP contribution >= 0.6 is 0 Å². The van der Waals surface area contributed by atoms with Crippen molar-refractivity contribution in [3.05, 3.63) is 29.8 Å². The number of methoxy groups -OCH3 is 1. The molecule has 3 rings (SSSR count). The SMILES string of the molecule is COc1ccc(C(C2=NCCN2)N2CCOCC2)cc1. The van der Waals surface area contributed by atoms with Crippen LogP contribution in [-0.2, 0) is 4.74 Å². The monoisotopic (exact) mass is 275 g/mol. The maximum absolute atomic E-state index is 5.46. The number of benzene rings is 1. The lowest BCUT2D eigenvalue weighted by Crippen LogP contribution is -2.44. The lowest BCUT2D eigenvalue weighted by Gasteiger charge is -2.34. The van der Waals surface area contributed by atoms with Crippen molar-refractivity contribution in [1.29, 1.82) is 0 Å². The maximum Gasteiger partial charge on any atom is 0.119 e. The highest BCUT2D eigenvalue weighted by Gasteiger charge is 2.28. The first-order valence-corrected chi connectivity index (χ1v) is 7.12. The van der Waals surface area contributed by atoms with E-state index in [-0.39, 0.29) is 6.04 Å². The fraction of sp³-hybridized carbons (Fsp3) is 0.533. The van der Waals surface area contributed by atoms with E-state index in [4.69, 9.17) is 9.47 Å². The van der Waals surface area contributed by atoms with Gasteiger partial charge in [0.05, 0.1) is 32.9 Å². The van der Waals surface area contributed by atoms with E-state index in [1.807, 2.05) is 12.1 Å². The van der Waals surface area contributed by atoms with Crippen LogP contribution in [0.15, 0.2) is 29.3 Å². The average Bonchev–Trinajstić information content (AvgIpc) is 3.03. The molecular formula is C15H21N3O2. The number of rotatable bonds is 4.